The van der Waals surface area contributed by atoms with Gasteiger partial charge >= 0.3 is 0 Å². The monoisotopic (exact) mass is 534 g/mol. The average Bonchev–Trinajstić information content (AvgIpc) is 3.10. The molecule has 0 nitrogen and oxygen atoms in total. The lowest BCUT2D eigenvalue weighted by molar-refractivity contribution is 1.50. The highest BCUT2D eigenvalue weighted by atomic mass is 13.9. The predicted molar refractivity (Wildman–Crippen MR) is 189 cm³/mol. The summed E-state index contributed by atoms with van der Waals surface area (Å²) in [6.45, 7) is 20.0. The number of hydrogen-bond donors (Lipinski definition) is 0. The summed E-state index contributed by atoms with van der Waals surface area (Å²) in [5, 5.41) is 7.86. The molecule has 0 aromatic heterocycles. The van der Waals surface area contributed by atoms with Crippen molar-refractivity contribution in [3.63, 3.8) is 0 Å². The fraction of sp³-hybridized carbons (Fsp3) is 0.250. The van der Waals surface area contributed by atoms with Gasteiger partial charge in [-0.15, -0.1) is 0 Å². The molecule has 0 heterocycles. The SMILES string of the molecule is CC.CC.CC.CC.CC.c1ccc2ccccc2c1.c1ccc2ccccc2c1.c1ccc2ccccc2c1. The Labute approximate surface area is 246 Å². The minimum atomic E-state index is 1.31. The summed E-state index contributed by atoms with van der Waals surface area (Å²) in [5.41, 5.74) is 0. The smallest absolute Gasteiger partial charge is 0.0184 e. The summed E-state index contributed by atoms with van der Waals surface area (Å²) in [5.74, 6) is 0. The molecule has 0 N–H and O–H groups in total. The highest BCUT2D eigenvalue weighted by Gasteiger charge is 1.86. The molecule has 6 aromatic rings. The van der Waals surface area contributed by atoms with E-state index in [0.717, 1.165) is 0 Å². The summed E-state index contributed by atoms with van der Waals surface area (Å²) in [6.07, 6.45) is 0. The van der Waals surface area contributed by atoms with E-state index in [2.05, 4.69) is 146 Å². The fourth-order valence-electron chi connectivity index (χ4n) is 3.40. The molecule has 0 saturated carbocycles. The molecule has 6 rings (SSSR count). The summed E-state index contributed by atoms with van der Waals surface area (Å²) in [6, 6.07) is 50.1. The van der Waals surface area contributed by atoms with Crippen LogP contribution in [0.3, 0.4) is 0 Å². The lowest BCUT2D eigenvalue weighted by atomic mass is 10.1. The maximum absolute atomic E-state index is 2.12. The zero-order chi connectivity index (χ0) is 30.4. The Bertz CT molecular complexity index is 982. The summed E-state index contributed by atoms with van der Waals surface area (Å²) in [4.78, 5) is 0. The second kappa shape index (κ2) is 28.1. The molecule has 0 fully saturated rings. The number of rotatable bonds is 0. The second-order valence-corrected chi connectivity index (χ2v) is 7.04. The van der Waals surface area contributed by atoms with E-state index in [4.69, 9.17) is 0 Å². The van der Waals surface area contributed by atoms with E-state index >= 15 is 0 Å². The van der Waals surface area contributed by atoms with E-state index < -0.39 is 0 Å². The highest BCUT2D eigenvalue weighted by Crippen LogP contribution is 2.12. The number of benzene rings is 6. The zero-order valence-corrected chi connectivity index (χ0v) is 26.9. The van der Waals surface area contributed by atoms with E-state index in [1.807, 2.05) is 69.2 Å². The van der Waals surface area contributed by atoms with Gasteiger partial charge in [-0.25, -0.2) is 0 Å². The molecule has 0 aliphatic carbocycles. The zero-order valence-electron chi connectivity index (χ0n) is 26.9. The lowest BCUT2D eigenvalue weighted by Crippen LogP contribution is -1.67. The quantitative estimate of drug-likeness (QED) is 0.182. The van der Waals surface area contributed by atoms with Crippen LogP contribution in [0.2, 0.25) is 0 Å². The van der Waals surface area contributed by atoms with E-state index in [0.29, 0.717) is 0 Å². The van der Waals surface area contributed by atoms with Crippen LogP contribution in [0.4, 0.5) is 0 Å². The van der Waals surface area contributed by atoms with Crippen LogP contribution in [0.15, 0.2) is 146 Å². The number of hydrogen-bond acceptors (Lipinski definition) is 0. The molecule has 0 radical (unpaired) electrons. The van der Waals surface area contributed by atoms with Gasteiger partial charge in [-0.1, -0.05) is 215 Å². The van der Waals surface area contributed by atoms with Gasteiger partial charge < -0.3 is 0 Å². The maximum atomic E-state index is 2.12. The minimum absolute atomic E-state index is 1.31. The summed E-state index contributed by atoms with van der Waals surface area (Å²) < 4.78 is 0. The highest BCUT2D eigenvalue weighted by molar-refractivity contribution is 5.83. The van der Waals surface area contributed by atoms with Crippen LogP contribution in [-0.2, 0) is 0 Å². The molecule has 0 aliphatic heterocycles. The molecule has 0 saturated heterocycles. The molecule has 0 heteroatoms. The van der Waals surface area contributed by atoms with Gasteiger partial charge in [0.25, 0.3) is 0 Å². The molecule has 0 unspecified atom stereocenters. The molecule has 214 valence electrons. The molecule has 0 bridgehead atoms. The van der Waals surface area contributed by atoms with E-state index in [9.17, 15) is 0 Å². The molecule has 0 aliphatic rings. The van der Waals surface area contributed by atoms with E-state index in [-0.39, 0.29) is 0 Å². The average molecular weight is 535 g/mol. The molecule has 0 amide bonds. The Morgan fingerprint density at radius 1 is 0.175 bits per heavy atom. The first-order valence-corrected chi connectivity index (χ1v) is 15.2. The molecule has 0 atom stereocenters. The van der Waals surface area contributed by atoms with Crippen LogP contribution in [0, 0.1) is 0 Å². The fourth-order valence-corrected chi connectivity index (χ4v) is 3.40. The van der Waals surface area contributed by atoms with Crippen molar-refractivity contribution >= 4 is 32.3 Å². The normalized spacial score (nSPS) is 8.25. The third kappa shape index (κ3) is 14.9. The largest absolute Gasteiger partial charge is 0.0683 e. The van der Waals surface area contributed by atoms with Crippen molar-refractivity contribution in [2.75, 3.05) is 0 Å². The van der Waals surface area contributed by atoms with Gasteiger partial charge in [0.1, 0.15) is 0 Å². The molecule has 40 heavy (non-hydrogen) atoms. The Morgan fingerprint density at radius 3 is 0.325 bits per heavy atom. The van der Waals surface area contributed by atoms with E-state index in [1.165, 1.54) is 32.3 Å². The third-order valence-electron chi connectivity index (χ3n) is 4.98. The third-order valence-corrected chi connectivity index (χ3v) is 4.98. The first kappa shape index (κ1) is 38.2. The Balaban J connectivity index is 0. The maximum Gasteiger partial charge on any atom is -0.0184 e. The van der Waals surface area contributed by atoms with Gasteiger partial charge in [-0.2, -0.15) is 0 Å². The van der Waals surface area contributed by atoms with Gasteiger partial charge in [0.05, 0.1) is 0 Å². The van der Waals surface area contributed by atoms with E-state index in [1.54, 1.807) is 0 Å². The van der Waals surface area contributed by atoms with Crippen LogP contribution in [-0.4, -0.2) is 0 Å². The first-order valence-electron chi connectivity index (χ1n) is 15.2. The van der Waals surface area contributed by atoms with Gasteiger partial charge in [-0.05, 0) is 32.3 Å². The van der Waals surface area contributed by atoms with Crippen molar-refractivity contribution in [1.29, 1.82) is 0 Å². The molecule has 0 spiro atoms. The molecule has 6 aromatic carbocycles. The predicted octanol–water partition coefficient (Wildman–Crippen LogP) is 13.7. The van der Waals surface area contributed by atoms with Crippen molar-refractivity contribution < 1.29 is 0 Å². The summed E-state index contributed by atoms with van der Waals surface area (Å²) in [7, 11) is 0. The topological polar surface area (TPSA) is 0 Å². The van der Waals surface area contributed by atoms with Crippen LogP contribution < -0.4 is 0 Å². The van der Waals surface area contributed by atoms with Crippen LogP contribution in [0.1, 0.15) is 69.2 Å². The van der Waals surface area contributed by atoms with Crippen LogP contribution >= 0.6 is 0 Å². The molecular formula is C40H54. The Hall–Kier alpha value is -3.90. The minimum Gasteiger partial charge on any atom is -0.0683 e. The second-order valence-electron chi connectivity index (χ2n) is 7.04. The lowest BCUT2D eigenvalue weighted by Gasteiger charge is -1.92. The Morgan fingerprint density at radius 2 is 0.250 bits per heavy atom. The van der Waals surface area contributed by atoms with Crippen LogP contribution in [0.5, 0.6) is 0 Å². The van der Waals surface area contributed by atoms with Crippen molar-refractivity contribution in [2.24, 2.45) is 0 Å². The van der Waals surface area contributed by atoms with Crippen molar-refractivity contribution in [1.82, 2.24) is 0 Å². The standard InChI is InChI=1S/3C10H8.5C2H6/c3*1-2-6-10-8-4-3-7-9(10)5-1;5*1-2/h3*1-8H;5*1-2H3. The van der Waals surface area contributed by atoms with Crippen LogP contribution in [0.25, 0.3) is 32.3 Å². The van der Waals surface area contributed by atoms with Crippen molar-refractivity contribution in [2.45, 2.75) is 69.2 Å². The number of fused-ring (bicyclic) bond motifs is 3. The van der Waals surface area contributed by atoms with Crippen molar-refractivity contribution in [3.05, 3.63) is 146 Å². The van der Waals surface area contributed by atoms with Gasteiger partial charge in [0.2, 0.25) is 0 Å². The van der Waals surface area contributed by atoms with Crippen molar-refractivity contribution in [3.8, 4) is 0 Å². The summed E-state index contributed by atoms with van der Waals surface area (Å²) >= 11 is 0. The van der Waals surface area contributed by atoms with Gasteiger partial charge in [0.15, 0.2) is 0 Å². The Kier molecular flexibility index (Phi) is 26.9. The first-order chi connectivity index (χ1) is 19.9. The van der Waals surface area contributed by atoms with Gasteiger partial charge in [0, 0.05) is 0 Å². The van der Waals surface area contributed by atoms with Gasteiger partial charge in [-0.3, -0.25) is 0 Å². The molecular weight excluding hydrogens is 480 g/mol.